The van der Waals surface area contributed by atoms with E-state index in [9.17, 15) is 14.4 Å². The Morgan fingerprint density at radius 1 is 1.20 bits per heavy atom. The molecule has 1 atom stereocenters. The standard InChI is InChI=1S/C5H8N2O5.3Na.3H/c6-5(12)7-2(4(10)11)1-3(8)9;;;;;;/h2H,1H2,(H,8,9)(H,10,11)(H3,6,7,12);;;;;;/q;3*+1;3*-1. The molecule has 0 aromatic rings. The first-order valence-electron chi connectivity index (χ1n) is 2.94. The average molecular weight is 248 g/mol. The molecule has 10 heteroatoms. The molecule has 2 amide bonds. The number of nitrogens with two attached hydrogens (primary N) is 1. The molecule has 0 rings (SSSR count). The average Bonchev–Trinajstić information content (AvgIpc) is 1.83. The van der Waals surface area contributed by atoms with E-state index in [1.165, 1.54) is 0 Å². The van der Waals surface area contributed by atoms with Gasteiger partial charge in [0.25, 0.3) is 0 Å². The van der Waals surface area contributed by atoms with Gasteiger partial charge in [0.1, 0.15) is 6.04 Å². The van der Waals surface area contributed by atoms with Crippen molar-refractivity contribution in [2.75, 3.05) is 0 Å². The van der Waals surface area contributed by atoms with Crippen LogP contribution in [-0.4, -0.2) is 34.2 Å². The van der Waals surface area contributed by atoms with Gasteiger partial charge in [0.2, 0.25) is 0 Å². The summed E-state index contributed by atoms with van der Waals surface area (Å²) in [5, 5.41) is 18.3. The van der Waals surface area contributed by atoms with Crippen molar-refractivity contribution in [2.24, 2.45) is 5.73 Å². The quantitative estimate of drug-likeness (QED) is 0.367. The number of carboxylic acid groups (broad SMARTS) is 2. The van der Waals surface area contributed by atoms with Crippen LogP contribution in [0.1, 0.15) is 10.7 Å². The fourth-order valence-electron chi connectivity index (χ4n) is 0.546. The second-order valence-corrected chi connectivity index (χ2v) is 2.00. The Morgan fingerprint density at radius 2 is 1.60 bits per heavy atom. The van der Waals surface area contributed by atoms with Crippen molar-refractivity contribution >= 4 is 18.0 Å². The van der Waals surface area contributed by atoms with Crippen molar-refractivity contribution in [2.45, 2.75) is 12.5 Å². The monoisotopic (exact) mass is 248 g/mol. The summed E-state index contributed by atoms with van der Waals surface area (Å²) >= 11 is 0. The van der Waals surface area contributed by atoms with Crippen LogP contribution in [0.25, 0.3) is 0 Å². The van der Waals surface area contributed by atoms with Crippen LogP contribution < -0.4 is 99.7 Å². The molecule has 0 bridgehead atoms. The van der Waals surface area contributed by atoms with Gasteiger partial charge in [0, 0.05) is 0 Å². The van der Waals surface area contributed by atoms with Gasteiger partial charge < -0.3 is 25.5 Å². The van der Waals surface area contributed by atoms with Crippen LogP contribution in [0.15, 0.2) is 0 Å². The molecule has 74 valence electrons. The molecule has 0 saturated heterocycles. The minimum atomic E-state index is -1.47. The van der Waals surface area contributed by atoms with E-state index < -0.39 is 30.4 Å². The van der Waals surface area contributed by atoms with Crippen molar-refractivity contribution in [1.29, 1.82) is 0 Å². The number of nitrogens with one attached hydrogen (secondary N) is 1. The van der Waals surface area contributed by atoms with E-state index in [1.807, 2.05) is 0 Å². The number of carbonyl (C=O) groups excluding carboxylic acids is 1. The zero-order valence-corrected chi connectivity index (χ0v) is 15.0. The first kappa shape index (κ1) is 25.2. The van der Waals surface area contributed by atoms with Crippen molar-refractivity contribution in [3.63, 3.8) is 0 Å². The molecule has 0 aliphatic heterocycles. The summed E-state index contributed by atoms with van der Waals surface area (Å²) in [6.07, 6.45) is -0.696. The van der Waals surface area contributed by atoms with E-state index >= 15 is 0 Å². The number of urea groups is 1. The van der Waals surface area contributed by atoms with Gasteiger partial charge in [-0.1, -0.05) is 0 Å². The molecule has 0 heterocycles. The van der Waals surface area contributed by atoms with Crippen molar-refractivity contribution in [3.05, 3.63) is 0 Å². The van der Waals surface area contributed by atoms with Gasteiger partial charge in [-0.05, 0) is 0 Å². The van der Waals surface area contributed by atoms with Crippen molar-refractivity contribution in [3.8, 4) is 0 Å². The second-order valence-electron chi connectivity index (χ2n) is 2.00. The zero-order chi connectivity index (χ0) is 9.72. The molecule has 5 N–H and O–H groups in total. The largest absolute Gasteiger partial charge is 1.00 e. The third kappa shape index (κ3) is 15.2. The Hall–Kier alpha value is 1.21. The summed E-state index contributed by atoms with van der Waals surface area (Å²) in [5.41, 5.74) is 4.60. The number of primary amides is 1. The maximum atomic E-state index is 10.2. The summed E-state index contributed by atoms with van der Waals surface area (Å²) in [5.74, 6) is -2.76. The zero-order valence-electron chi connectivity index (χ0n) is 12.0. The third-order valence-corrected chi connectivity index (χ3v) is 0.993. The fourth-order valence-corrected chi connectivity index (χ4v) is 0.546. The van der Waals surface area contributed by atoms with E-state index in [1.54, 1.807) is 5.32 Å². The Morgan fingerprint density at radius 3 is 1.80 bits per heavy atom. The van der Waals surface area contributed by atoms with Crippen LogP contribution in [0, 0.1) is 0 Å². The Balaban J connectivity index is -0.0000000403. The molecule has 0 radical (unpaired) electrons. The van der Waals surface area contributed by atoms with Crippen molar-refractivity contribution in [1.82, 2.24) is 5.32 Å². The SMILES string of the molecule is NC(=O)NC(CC(=O)O)C(=O)O.[H-].[H-].[H-].[Na+].[Na+].[Na+]. The number of carbonyl (C=O) groups is 3. The fraction of sp³-hybridized carbons (Fsp3) is 0.400. The molecule has 0 spiro atoms. The predicted molar refractivity (Wildman–Crippen MR) is 39.7 cm³/mol. The first-order valence-corrected chi connectivity index (χ1v) is 2.94. The normalized spacial score (nSPS) is 9.33. The molecule has 0 aliphatic carbocycles. The minimum Gasteiger partial charge on any atom is -1.00 e. The van der Waals surface area contributed by atoms with Crippen LogP contribution in [-0.2, 0) is 9.59 Å². The predicted octanol–water partition coefficient (Wildman–Crippen LogP) is -10.1. The molecule has 15 heavy (non-hydrogen) atoms. The number of hydrogen-bond donors (Lipinski definition) is 4. The molecule has 0 fully saturated rings. The van der Waals surface area contributed by atoms with E-state index in [-0.39, 0.29) is 93.0 Å². The maximum Gasteiger partial charge on any atom is 1.00 e. The van der Waals surface area contributed by atoms with Crippen LogP contribution in [0.4, 0.5) is 4.79 Å². The Labute approximate surface area is 157 Å². The maximum absolute atomic E-state index is 10.2. The van der Waals surface area contributed by atoms with Crippen LogP contribution in [0.5, 0.6) is 0 Å². The first-order chi connectivity index (χ1) is 5.43. The van der Waals surface area contributed by atoms with E-state index in [4.69, 9.17) is 10.2 Å². The third-order valence-electron chi connectivity index (χ3n) is 0.993. The molecule has 0 saturated carbocycles. The van der Waals surface area contributed by atoms with E-state index in [2.05, 4.69) is 5.73 Å². The molecule has 0 aromatic carbocycles. The summed E-state index contributed by atoms with van der Waals surface area (Å²) in [4.78, 5) is 30.4. The van der Waals surface area contributed by atoms with Gasteiger partial charge in [-0.25, -0.2) is 9.59 Å². The van der Waals surface area contributed by atoms with Crippen LogP contribution in [0.2, 0.25) is 0 Å². The number of amides is 2. The molecule has 7 nitrogen and oxygen atoms in total. The topological polar surface area (TPSA) is 130 Å². The van der Waals surface area contributed by atoms with Gasteiger partial charge in [0.05, 0.1) is 6.42 Å². The van der Waals surface area contributed by atoms with Gasteiger partial charge in [-0.15, -0.1) is 0 Å². The van der Waals surface area contributed by atoms with Crippen LogP contribution >= 0.6 is 0 Å². The molecule has 0 aliphatic rings. The number of hydrogen-bond acceptors (Lipinski definition) is 3. The molecular weight excluding hydrogens is 237 g/mol. The second kappa shape index (κ2) is 13.3. The summed E-state index contributed by atoms with van der Waals surface area (Å²) in [7, 11) is 0. The molecule has 0 aromatic heterocycles. The summed E-state index contributed by atoms with van der Waals surface area (Å²) < 4.78 is 0. The number of rotatable bonds is 4. The minimum absolute atomic E-state index is 0. The molecule has 1 unspecified atom stereocenters. The Kier molecular flexibility index (Phi) is 22.3. The van der Waals surface area contributed by atoms with E-state index in [0.717, 1.165) is 0 Å². The van der Waals surface area contributed by atoms with Crippen LogP contribution in [0.3, 0.4) is 0 Å². The Bertz CT molecular complexity index is 220. The van der Waals surface area contributed by atoms with Gasteiger partial charge >= 0.3 is 107 Å². The number of carboxylic acids is 2. The summed E-state index contributed by atoms with van der Waals surface area (Å²) in [6.45, 7) is 0. The number of aliphatic carboxylic acids is 2. The summed E-state index contributed by atoms with van der Waals surface area (Å²) in [6, 6.07) is -2.54. The smallest absolute Gasteiger partial charge is 1.00 e. The van der Waals surface area contributed by atoms with Gasteiger partial charge in [-0.2, -0.15) is 0 Å². The van der Waals surface area contributed by atoms with Crippen molar-refractivity contribution < 1.29 is 118 Å². The van der Waals surface area contributed by atoms with Gasteiger partial charge in [-0.3, -0.25) is 4.79 Å². The van der Waals surface area contributed by atoms with E-state index in [0.29, 0.717) is 0 Å². The van der Waals surface area contributed by atoms with Gasteiger partial charge in [0.15, 0.2) is 0 Å². The molecular formula is C5H11N2Na3O5.